The summed E-state index contributed by atoms with van der Waals surface area (Å²) in [4.78, 5) is 24.5. The molecule has 0 atom stereocenters. The molecule has 2 heterocycles. The van der Waals surface area contributed by atoms with Gasteiger partial charge in [-0.1, -0.05) is 27.5 Å². The lowest BCUT2D eigenvalue weighted by Gasteiger charge is -2.10. The minimum Gasteiger partial charge on any atom is -0.461 e. The van der Waals surface area contributed by atoms with E-state index in [1.54, 1.807) is 26.0 Å². The van der Waals surface area contributed by atoms with Gasteiger partial charge in [0.05, 0.1) is 24.6 Å². The van der Waals surface area contributed by atoms with E-state index in [-0.39, 0.29) is 24.6 Å². The fraction of sp³-hybridized carbons (Fsp3) is 0.294. The molecule has 0 aliphatic heterocycles. The van der Waals surface area contributed by atoms with Crippen LogP contribution in [0.1, 0.15) is 40.4 Å². The summed E-state index contributed by atoms with van der Waals surface area (Å²) in [6.07, 6.45) is 0. The van der Waals surface area contributed by atoms with Crippen LogP contribution in [0.4, 0.5) is 5.69 Å². The Hall–Kier alpha value is -2.99. The second-order valence-corrected chi connectivity index (χ2v) is 7.68. The van der Waals surface area contributed by atoms with Crippen molar-refractivity contribution in [3.63, 3.8) is 0 Å². The summed E-state index contributed by atoms with van der Waals surface area (Å²) in [5, 5.41) is 12.2. The molecule has 0 saturated heterocycles. The zero-order chi connectivity index (χ0) is 21.0. The number of rotatable bonds is 7. The highest BCUT2D eigenvalue weighted by Gasteiger charge is 2.27. The molecule has 0 spiro atoms. The number of nitrogens with zero attached hydrogens (tertiary/aromatic N) is 5. The number of hydrogen-bond acceptors (Lipinski definition) is 11. The number of carbonyl (C=O) groups is 2. The van der Waals surface area contributed by atoms with Crippen LogP contribution in [0.5, 0.6) is 0 Å². The molecule has 0 fully saturated rings. The Kier molecular flexibility index (Phi) is 6.44. The number of esters is 2. The van der Waals surface area contributed by atoms with E-state index < -0.39 is 11.9 Å². The van der Waals surface area contributed by atoms with Crippen molar-refractivity contribution in [1.82, 2.24) is 24.6 Å². The third-order valence-electron chi connectivity index (χ3n) is 3.63. The van der Waals surface area contributed by atoms with Crippen molar-refractivity contribution in [3.8, 4) is 5.69 Å². The molecule has 0 bridgehead atoms. The van der Waals surface area contributed by atoms with Crippen molar-refractivity contribution < 1.29 is 19.1 Å². The number of anilines is 1. The third kappa shape index (κ3) is 4.38. The van der Waals surface area contributed by atoms with E-state index in [9.17, 15) is 9.59 Å². The lowest BCUT2D eigenvalue weighted by atomic mass is 10.2. The molecule has 3 rings (SSSR count). The van der Waals surface area contributed by atoms with Gasteiger partial charge in [-0.05, 0) is 50.0 Å². The molecule has 0 amide bonds. The molecule has 2 N–H and O–H groups in total. The van der Waals surface area contributed by atoms with Crippen molar-refractivity contribution in [3.05, 3.63) is 35.2 Å². The number of benzene rings is 1. The Balaban J connectivity index is 2.09. The molecule has 152 valence electrons. The van der Waals surface area contributed by atoms with E-state index in [0.717, 1.165) is 28.9 Å². The van der Waals surface area contributed by atoms with E-state index in [1.807, 2.05) is 13.0 Å². The van der Waals surface area contributed by atoms with Crippen molar-refractivity contribution in [2.24, 2.45) is 0 Å². The van der Waals surface area contributed by atoms with Gasteiger partial charge in [-0.2, -0.15) is 0 Å². The average Bonchev–Trinajstić information content (AvgIpc) is 3.30. The molecule has 1 aromatic carbocycles. The molecule has 0 aliphatic carbocycles. The van der Waals surface area contributed by atoms with E-state index in [4.69, 9.17) is 15.2 Å². The summed E-state index contributed by atoms with van der Waals surface area (Å²) in [5.74, 6) is -1.24. The lowest BCUT2D eigenvalue weighted by molar-refractivity contribution is 0.0507. The number of nitrogen functional groups attached to an aromatic ring is 1. The molecular formula is C17H18N6O4S2. The summed E-state index contributed by atoms with van der Waals surface area (Å²) in [7, 11) is 0. The predicted octanol–water partition coefficient (Wildman–Crippen LogP) is 2.51. The highest BCUT2D eigenvalue weighted by Crippen LogP contribution is 2.36. The molecule has 0 unspecified atom stereocenters. The van der Waals surface area contributed by atoms with Gasteiger partial charge in [0.25, 0.3) is 0 Å². The second kappa shape index (κ2) is 9.01. The van der Waals surface area contributed by atoms with E-state index in [1.165, 1.54) is 4.68 Å². The van der Waals surface area contributed by atoms with Crippen molar-refractivity contribution in [2.45, 2.75) is 30.0 Å². The van der Waals surface area contributed by atoms with Crippen LogP contribution < -0.4 is 5.73 Å². The van der Waals surface area contributed by atoms with Crippen LogP contribution in [0.2, 0.25) is 0 Å². The summed E-state index contributed by atoms with van der Waals surface area (Å²) in [5.41, 5.74) is 8.18. The van der Waals surface area contributed by atoms with Gasteiger partial charge < -0.3 is 15.2 Å². The fourth-order valence-electron chi connectivity index (χ4n) is 2.38. The summed E-state index contributed by atoms with van der Waals surface area (Å²) < 4.78 is 15.8. The Morgan fingerprint density at radius 2 is 1.83 bits per heavy atom. The zero-order valence-corrected chi connectivity index (χ0v) is 17.5. The summed E-state index contributed by atoms with van der Waals surface area (Å²) in [6.45, 7) is 5.68. The molecule has 0 radical (unpaired) electrons. The molecule has 12 heteroatoms. The first kappa shape index (κ1) is 20.7. The fourth-order valence-corrected chi connectivity index (χ4v) is 4.11. The van der Waals surface area contributed by atoms with E-state index >= 15 is 0 Å². The maximum atomic E-state index is 12.4. The Morgan fingerprint density at radius 3 is 2.48 bits per heavy atom. The van der Waals surface area contributed by atoms with Crippen LogP contribution >= 0.6 is 23.3 Å². The van der Waals surface area contributed by atoms with Gasteiger partial charge in [0.1, 0.15) is 9.24 Å². The number of ether oxygens (including phenoxy) is 2. The number of aromatic nitrogens is 5. The van der Waals surface area contributed by atoms with Crippen molar-refractivity contribution in [2.75, 3.05) is 18.9 Å². The number of nitrogens with two attached hydrogens (primary N) is 1. The van der Waals surface area contributed by atoms with Gasteiger partial charge in [-0.3, -0.25) is 0 Å². The third-order valence-corrected chi connectivity index (χ3v) is 5.56. The minimum atomic E-state index is -0.637. The van der Waals surface area contributed by atoms with Crippen LogP contribution in [0.3, 0.4) is 0 Å². The Bertz CT molecular complexity index is 1050. The molecular weight excluding hydrogens is 416 g/mol. The average molecular weight is 435 g/mol. The topological polar surface area (TPSA) is 135 Å². The molecule has 29 heavy (non-hydrogen) atoms. The second-order valence-electron chi connectivity index (χ2n) is 5.67. The van der Waals surface area contributed by atoms with E-state index in [2.05, 4.69) is 19.9 Å². The minimum absolute atomic E-state index is 0.0000314. The first-order valence-electron chi connectivity index (χ1n) is 8.62. The lowest BCUT2D eigenvalue weighted by Crippen LogP contribution is -2.09. The van der Waals surface area contributed by atoms with Gasteiger partial charge >= 0.3 is 11.9 Å². The van der Waals surface area contributed by atoms with Gasteiger partial charge in [-0.15, -0.1) is 10.2 Å². The van der Waals surface area contributed by atoms with Crippen molar-refractivity contribution >= 4 is 40.9 Å². The summed E-state index contributed by atoms with van der Waals surface area (Å²) in [6, 6.07) is 5.42. The molecule has 2 aromatic heterocycles. The summed E-state index contributed by atoms with van der Waals surface area (Å²) >= 11 is 2.07. The quantitative estimate of drug-likeness (QED) is 0.436. The standard InChI is InChI=1S/C17H18N6O4S2/c1-4-26-15(24)12-14(28-17-13(20-22-29-17)16(25)27-5-2)23(21-19-12)11-7-6-9(3)8-10(11)18/h6-8H,4-5,18H2,1-3H3. The molecule has 10 nitrogen and oxygen atoms in total. The highest BCUT2D eigenvalue weighted by atomic mass is 32.2. The van der Waals surface area contributed by atoms with Crippen LogP contribution in [0.25, 0.3) is 5.69 Å². The van der Waals surface area contributed by atoms with Crippen LogP contribution in [-0.2, 0) is 9.47 Å². The first-order valence-corrected chi connectivity index (χ1v) is 10.2. The first-order chi connectivity index (χ1) is 14.0. The van der Waals surface area contributed by atoms with Crippen molar-refractivity contribution in [1.29, 1.82) is 0 Å². The van der Waals surface area contributed by atoms with Crippen LogP contribution in [-0.4, -0.2) is 49.7 Å². The maximum Gasteiger partial charge on any atom is 0.361 e. The maximum absolute atomic E-state index is 12.4. The number of hydrogen-bond donors (Lipinski definition) is 1. The molecule has 0 aliphatic rings. The van der Waals surface area contributed by atoms with Crippen LogP contribution in [0, 0.1) is 6.92 Å². The monoisotopic (exact) mass is 434 g/mol. The van der Waals surface area contributed by atoms with Gasteiger partial charge in [0, 0.05) is 0 Å². The molecule has 0 saturated carbocycles. The van der Waals surface area contributed by atoms with Crippen LogP contribution in [0.15, 0.2) is 27.4 Å². The Morgan fingerprint density at radius 1 is 1.14 bits per heavy atom. The highest BCUT2D eigenvalue weighted by molar-refractivity contribution is 8.01. The van der Waals surface area contributed by atoms with Gasteiger partial charge in [-0.25, -0.2) is 14.3 Å². The number of carbonyl (C=O) groups excluding carboxylic acids is 2. The van der Waals surface area contributed by atoms with E-state index in [0.29, 0.717) is 20.6 Å². The SMILES string of the molecule is CCOC(=O)c1nnsc1Sc1c(C(=O)OCC)nnn1-c1ccc(C)cc1N. The predicted molar refractivity (Wildman–Crippen MR) is 106 cm³/mol. The normalized spacial score (nSPS) is 10.7. The Labute approximate surface area is 174 Å². The smallest absolute Gasteiger partial charge is 0.361 e. The molecule has 3 aromatic rings. The zero-order valence-electron chi connectivity index (χ0n) is 15.9. The number of aryl methyl sites for hydroxylation is 1. The van der Waals surface area contributed by atoms with Gasteiger partial charge in [0.2, 0.25) is 5.69 Å². The van der Waals surface area contributed by atoms with Gasteiger partial charge in [0.15, 0.2) is 5.69 Å². The largest absolute Gasteiger partial charge is 0.461 e.